The molecule has 0 fully saturated rings. The lowest BCUT2D eigenvalue weighted by atomic mass is 10.1. The fraction of sp³-hybridized carbons (Fsp3) is 0.200. The SMILES string of the molecule is C=CCN1C(=O)c2ccccc2NC1SCc1ccc(C(=O)OC)cc1. The van der Waals surface area contributed by atoms with Gasteiger partial charge in [-0.1, -0.05) is 30.3 Å². The molecular formula is C20H20N2O3S. The van der Waals surface area contributed by atoms with Crippen molar-refractivity contribution in [2.45, 2.75) is 11.3 Å². The van der Waals surface area contributed by atoms with Gasteiger partial charge in [0.2, 0.25) is 0 Å². The number of carbonyl (C=O) groups excluding carboxylic acids is 2. The fourth-order valence-corrected chi connectivity index (χ4v) is 3.86. The summed E-state index contributed by atoms with van der Waals surface area (Å²) in [5.74, 6) is 0.345. The average molecular weight is 368 g/mol. The Kier molecular flexibility index (Phi) is 5.63. The number of nitrogens with zero attached hydrogens (tertiary/aromatic N) is 1. The number of thioether (sulfide) groups is 1. The Morgan fingerprint density at radius 3 is 2.69 bits per heavy atom. The minimum Gasteiger partial charge on any atom is -0.465 e. The summed E-state index contributed by atoms with van der Waals surface area (Å²) in [6.07, 6.45) is 1.73. The number of carbonyl (C=O) groups is 2. The van der Waals surface area contributed by atoms with Crippen molar-refractivity contribution in [3.63, 3.8) is 0 Å². The molecule has 134 valence electrons. The van der Waals surface area contributed by atoms with Crippen molar-refractivity contribution in [2.24, 2.45) is 0 Å². The lowest BCUT2D eigenvalue weighted by Crippen LogP contribution is -2.47. The van der Waals surface area contributed by atoms with Crippen LogP contribution in [-0.4, -0.2) is 35.9 Å². The summed E-state index contributed by atoms with van der Waals surface area (Å²) in [5.41, 5.74) is 2.92. The maximum atomic E-state index is 12.8. The number of hydrogen-bond donors (Lipinski definition) is 1. The number of nitrogens with one attached hydrogen (secondary N) is 1. The van der Waals surface area contributed by atoms with E-state index in [1.807, 2.05) is 36.4 Å². The summed E-state index contributed by atoms with van der Waals surface area (Å²) in [7, 11) is 1.36. The number of hydrogen-bond acceptors (Lipinski definition) is 5. The molecule has 0 saturated carbocycles. The minimum atomic E-state index is -0.350. The maximum absolute atomic E-state index is 12.8. The quantitative estimate of drug-likeness (QED) is 0.622. The molecule has 1 amide bonds. The van der Waals surface area contributed by atoms with Crippen LogP contribution in [0.2, 0.25) is 0 Å². The monoisotopic (exact) mass is 368 g/mol. The fourth-order valence-electron chi connectivity index (χ4n) is 2.75. The predicted octanol–water partition coefficient (Wildman–Crippen LogP) is 3.74. The van der Waals surface area contributed by atoms with Crippen LogP contribution in [0.3, 0.4) is 0 Å². The van der Waals surface area contributed by atoms with Crippen molar-refractivity contribution < 1.29 is 14.3 Å². The Hall–Kier alpha value is -2.73. The van der Waals surface area contributed by atoms with Gasteiger partial charge in [-0.3, -0.25) is 4.79 Å². The topological polar surface area (TPSA) is 58.6 Å². The van der Waals surface area contributed by atoms with Crippen LogP contribution >= 0.6 is 11.8 Å². The number of anilines is 1. The molecule has 2 aromatic rings. The molecule has 1 N–H and O–H groups in total. The summed E-state index contributed by atoms with van der Waals surface area (Å²) in [5, 5.41) is 3.42. The molecule has 0 aromatic heterocycles. The van der Waals surface area contributed by atoms with Gasteiger partial charge in [-0.05, 0) is 29.8 Å². The van der Waals surface area contributed by atoms with Gasteiger partial charge in [0.15, 0.2) is 5.50 Å². The average Bonchev–Trinajstić information content (AvgIpc) is 2.68. The number of para-hydroxylation sites is 1. The van der Waals surface area contributed by atoms with E-state index < -0.39 is 0 Å². The van der Waals surface area contributed by atoms with Gasteiger partial charge in [0.25, 0.3) is 5.91 Å². The number of benzene rings is 2. The molecule has 0 aliphatic carbocycles. The number of esters is 1. The number of ether oxygens (including phenoxy) is 1. The molecule has 5 nitrogen and oxygen atoms in total. The van der Waals surface area contributed by atoms with Crippen LogP contribution in [0.15, 0.2) is 61.2 Å². The molecule has 3 rings (SSSR count). The van der Waals surface area contributed by atoms with Crippen LogP contribution in [0, 0.1) is 0 Å². The second kappa shape index (κ2) is 8.10. The first kappa shape index (κ1) is 18.1. The highest BCUT2D eigenvalue weighted by molar-refractivity contribution is 7.99. The van der Waals surface area contributed by atoms with Crippen LogP contribution in [0.5, 0.6) is 0 Å². The Balaban J connectivity index is 1.72. The third kappa shape index (κ3) is 3.75. The highest BCUT2D eigenvalue weighted by atomic mass is 32.2. The zero-order valence-corrected chi connectivity index (χ0v) is 15.3. The summed E-state index contributed by atoms with van der Waals surface area (Å²) in [6.45, 7) is 4.23. The molecule has 0 spiro atoms. The van der Waals surface area contributed by atoms with Crippen molar-refractivity contribution in [1.29, 1.82) is 0 Å². The first-order valence-electron chi connectivity index (χ1n) is 8.20. The van der Waals surface area contributed by atoms with Crippen LogP contribution in [0.1, 0.15) is 26.3 Å². The Morgan fingerprint density at radius 1 is 1.27 bits per heavy atom. The number of rotatable bonds is 6. The summed E-state index contributed by atoms with van der Waals surface area (Å²) in [4.78, 5) is 26.0. The van der Waals surface area contributed by atoms with Crippen LogP contribution in [0.25, 0.3) is 0 Å². The third-order valence-electron chi connectivity index (χ3n) is 4.09. The second-order valence-electron chi connectivity index (χ2n) is 5.79. The van der Waals surface area contributed by atoms with Gasteiger partial charge in [0.1, 0.15) is 0 Å². The van der Waals surface area contributed by atoms with E-state index in [4.69, 9.17) is 4.74 Å². The number of fused-ring (bicyclic) bond motifs is 1. The van der Waals surface area contributed by atoms with Gasteiger partial charge in [-0.25, -0.2) is 4.79 Å². The normalized spacial score (nSPS) is 15.8. The molecule has 0 saturated heterocycles. The summed E-state index contributed by atoms with van der Waals surface area (Å²) in [6, 6.07) is 14.8. The predicted molar refractivity (Wildman–Crippen MR) is 104 cm³/mol. The second-order valence-corrected chi connectivity index (χ2v) is 6.86. The maximum Gasteiger partial charge on any atom is 0.337 e. The van der Waals surface area contributed by atoms with Crippen LogP contribution < -0.4 is 5.32 Å². The lowest BCUT2D eigenvalue weighted by Gasteiger charge is -2.36. The molecule has 1 atom stereocenters. The molecule has 2 aromatic carbocycles. The highest BCUT2D eigenvalue weighted by Gasteiger charge is 2.31. The molecule has 1 unspecified atom stereocenters. The first-order valence-corrected chi connectivity index (χ1v) is 9.25. The van der Waals surface area contributed by atoms with Crippen LogP contribution in [-0.2, 0) is 10.5 Å². The molecule has 1 aliphatic rings. The van der Waals surface area contributed by atoms with Crippen molar-refractivity contribution in [1.82, 2.24) is 4.90 Å². The van der Waals surface area contributed by atoms with Gasteiger partial charge in [-0.2, -0.15) is 0 Å². The zero-order valence-electron chi connectivity index (χ0n) is 14.5. The number of methoxy groups -OCH3 is 1. The van der Waals surface area contributed by atoms with Crippen molar-refractivity contribution in [3.05, 3.63) is 77.9 Å². The molecule has 26 heavy (non-hydrogen) atoms. The first-order chi connectivity index (χ1) is 12.6. The van der Waals surface area contributed by atoms with E-state index in [1.54, 1.807) is 34.9 Å². The lowest BCUT2D eigenvalue weighted by molar-refractivity contribution is 0.0600. The van der Waals surface area contributed by atoms with Crippen molar-refractivity contribution in [2.75, 3.05) is 19.0 Å². The zero-order chi connectivity index (χ0) is 18.5. The van der Waals surface area contributed by atoms with Crippen molar-refractivity contribution in [3.8, 4) is 0 Å². The highest BCUT2D eigenvalue weighted by Crippen LogP contribution is 2.31. The number of amides is 1. The van der Waals surface area contributed by atoms with Gasteiger partial charge in [-0.15, -0.1) is 18.3 Å². The van der Waals surface area contributed by atoms with Gasteiger partial charge in [0, 0.05) is 18.0 Å². The Labute approximate surface area is 157 Å². The Bertz CT molecular complexity index is 820. The minimum absolute atomic E-state index is 0.00205. The van der Waals surface area contributed by atoms with Gasteiger partial charge >= 0.3 is 5.97 Å². The molecule has 1 heterocycles. The van der Waals surface area contributed by atoms with Crippen LogP contribution in [0.4, 0.5) is 5.69 Å². The molecule has 1 aliphatic heterocycles. The van der Waals surface area contributed by atoms with Crippen molar-refractivity contribution >= 4 is 29.3 Å². The van der Waals surface area contributed by atoms with E-state index in [9.17, 15) is 9.59 Å². The Morgan fingerprint density at radius 2 is 2.00 bits per heavy atom. The molecule has 0 bridgehead atoms. The molecule has 0 radical (unpaired) electrons. The third-order valence-corrected chi connectivity index (χ3v) is 5.28. The van der Waals surface area contributed by atoms with E-state index in [0.717, 1.165) is 11.3 Å². The summed E-state index contributed by atoms with van der Waals surface area (Å²) < 4.78 is 4.71. The molecular weight excluding hydrogens is 348 g/mol. The van der Waals surface area contributed by atoms with E-state index >= 15 is 0 Å². The van der Waals surface area contributed by atoms with E-state index in [2.05, 4.69) is 11.9 Å². The van der Waals surface area contributed by atoms with E-state index in [1.165, 1.54) is 7.11 Å². The summed E-state index contributed by atoms with van der Waals surface area (Å²) >= 11 is 1.62. The van der Waals surface area contributed by atoms with E-state index in [-0.39, 0.29) is 17.4 Å². The van der Waals surface area contributed by atoms with Gasteiger partial charge < -0.3 is 15.0 Å². The van der Waals surface area contributed by atoms with Gasteiger partial charge in [0.05, 0.1) is 18.2 Å². The smallest absolute Gasteiger partial charge is 0.337 e. The largest absolute Gasteiger partial charge is 0.465 e. The standard InChI is InChI=1S/C20H20N2O3S/c1-3-12-22-18(23)16-6-4-5-7-17(16)21-20(22)26-13-14-8-10-15(11-9-14)19(24)25-2/h3-11,20-21H,1,12-13H2,2H3. The molecule has 6 heteroatoms. The van der Waals surface area contributed by atoms with E-state index in [0.29, 0.717) is 23.4 Å².